The second-order valence-electron chi connectivity index (χ2n) is 6.22. The SMILES string of the molecule is CC(C)(C)c1nn(C2CCCCC2)cc1C(=O)O. The average Bonchev–Trinajstić information content (AvgIpc) is 2.74. The van der Waals surface area contributed by atoms with E-state index in [0.717, 1.165) is 12.8 Å². The van der Waals surface area contributed by atoms with Gasteiger partial charge in [-0.25, -0.2) is 4.79 Å². The lowest BCUT2D eigenvalue weighted by atomic mass is 9.90. The van der Waals surface area contributed by atoms with Crippen LogP contribution in [0.2, 0.25) is 0 Å². The van der Waals surface area contributed by atoms with Crippen LogP contribution in [-0.4, -0.2) is 20.9 Å². The number of hydrogen-bond acceptors (Lipinski definition) is 2. The van der Waals surface area contributed by atoms with Gasteiger partial charge in [0.1, 0.15) is 5.56 Å². The Kier molecular flexibility index (Phi) is 3.46. The Bertz CT molecular complexity index is 437. The quantitative estimate of drug-likeness (QED) is 0.875. The lowest BCUT2D eigenvalue weighted by Gasteiger charge is -2.22. The number of aromatic nitrogens is 2. The van der Waals surface area contributed by atoms with E-state index in [9.17, 15) is 9.90 Å². The van der Waals surface area contributed by atoms with E-state index < -0.39 is 5.97 Å². The van der Waals surface area contributed by atoms with Crippen LogP contribution < -0.4 is 0 Å². The van der Waals surface area contributed by atoms with Crippen molar-refractivity contribution < 1.29 is 9.90 Å². The molecule has 100 valence electrons. The summed E-state index contributed by atoms with van der Waals surface area (Å²) >= 11 is 0. The number of hydrogen-bond donors (Lipinski definition) is 1. The minimum Gasteiger partial charge on any atom is -0.478 e. The van der Waals surface area contributed by atoms with Gasteiger partial charge in [-0.1, -0.05) is 40.0 Å². The highest BCUT2D eigenvalue weighted by molar-refractivity contribution is 5.89. The van der Waals surface area contributed by atoms with Crippen molar-refractivity contribution in [1.29, 1.82) is 0 Å². The predicted molar refractivity (Wildman–Crippen MR) is 70.0 cm³/mol. The van der Waals surface area contributed by atoms with Crippen molar-refractivity contribution in [2.75, 3.05) is 0 Å². The van der Waals surface area contributed by atoms with Crippen LogP contribution in [0.15, 0.2) is 6.20 Å². The second-order valence-corrected chi connectivity index (χ2v) is 6.22. The number of rotatable bonds is 2. The summed E-state index contributed by atoms with van der Waals surface area (Å²) in [6.07, 6.45) is 7.68. The zero-order valence-electron chi connectivity index (χ0n) is 11.4. The van der Waals surface area contributed by atoms with Gasteiger partial charge in [0.15, 0.2) is 0 Å². The van der Waals surface area contributed by atoms with Crippen LogP contribution in [0.1, 0.15) is 75.0 Å². The molecule has 1 aliphatic carbocycles. The molecule has 0 atom stereocenters. The molecular weight excluding hydrogens is 228 g/mol. The summed E-state index contributed by atoms with van der Waals surface area (Å²) in [6, 6.07) is 0.382. The molecule has 0 amide bonds. The summed E-state index contributed by atoms with van der Waals surface area (Å²) in [6.45, 7) is 6.02. The van der Waals surface area contributed by atoms with Gasteiger partial charge < -0.3 is 5.11 Å². The first-order valence-corrected chi connectivity index (χ1v) is 6.72. The molecule has 0 bridgehead atoms. The van der Waals surface area contributed by atoms with Crippen molar-refractivity contribution in [2.45, 2.75) is 64.3 Å². The zero-order valence-corrected chi connectivity index (χ0v) is 11.4. The molecule has 1 N–H and O–H groups in total. The van der Waals surface area contributed by atoms with Crippen LogP contribution in [0.25, 0.3) is 0 Å². The molecule has 0 aromatic carbocycles. The van der Waals surface area contributed by atoms with Gasteiger partial charge in [-0.3, -0.25) is 4.68 Å². The maximum atomic E-state index is 11.3. The minimum absolute atomic E-state index is 0.229. The molecule has 18 heavy (non-hydrogen) atoms. The lowest BCUT2D eigenvalue weighted by Crippen LogP contribution is -2.18. The van der Waals surface area contributed by atoms with E-state index in [2.05, 4.69) is 5.10 Å². The number of aromatic carboxylic acids is 1. The monoisotopic (exact) mass is 250 g/mol. The van der Waals surface area contributed by atoms with Crippen molar-refractivity contribution in [3.8, 4) is 0 Å². The van der Waals surface area contributed by atoms with Crippen molar-refractivity contribution in [2.24, 2.45) is 0 Å². The molecule has 1 saturated carbocycles. The van der Waals surface area contributed by atoms with Gasteiger partial charge in [0, 0.05) is 11.6 Å². The highest BCUT2D eigenvalue weighted by Gasteiger charge is 2.28. The molecule has 0 radical (unpaired) electrons. The van der Waals surface area contributed by atoms with Gasteiger partial charge in [0.2, 0.25) is 0 Å². The second kappa shape index (κ2) is 4.75. The molecule has 1 heterocycles. The van der Waals surface area contributed by atoms with Crippen molar-refractivity contribution >= 4 is 5.97 Å². The lowest BCUT2D eigenvalue weighted by molar-refractivity contribution is 0.0694. The summed E-state index contributed by atoms with van der Waals surface area (Å²) in [7, 11) is 0. The highest BCUT2D eigenvalue weighted by atomic mass is 16.4. The summed E-state index contributed by atoms with van der Waals surface area (Å²) in [4.78, 5) is 11.3. The Balaban J connectivity index is 2.35. The molecule has 1 aromatic heterocycles. The topological polar surface area (TPSA) is 55.1 Å². The van der Waals surface area contributed by atoms with E-state index in [1.54, 1.807) is 6.20 Å². The van der Waals surface area contributed by atoms with Crippen molar-refractivity contribution in [3.63, 3.8) is 0 Å². The van der Waals surface area contributed by atoms with Gasteiger partial charge in [-0.2, -0.15) is 5.10 Å². The van der Waals surface area contributed by atoms with E-state index in [1.165, 1.54) is 19.3 Å². The Morgan fingerprint density at radius 2 is 1.94 bits per heavy atom. The predicted octanol–water partition coefficient (Wildman–Crippen LogP) is 3.38. The van der Waals surface area contributed by atoms with Crippen LogP contribution in [0.5, 0.6) is 0 Å². The van der Waals surface area contributed by atoms with Crippen LogP contribution in [0.3, 0.4) is 0 Å². The Morgan fingerprint density at radius 1 is 1.33 bits per heavy atom. The fraction of sp³-hybridized carbons (Fsp3) is 0.714. The number of carbonyl (C=O) groups is 1. The summed E-state index contributed by atoms with van der Waals surface area (Å²) in [5, 5.41) is 13.8. The number of carboxylic acids is 1. The van der Waals surface area contributed by atoms with E-state index >= 15 is 0 Å². The fourth-order valence-electron chi connectivity index (χ4n) is 2.63. The van der Waals surface area contributed by atoms with Gasteiger partial charge in [-0.05, 0) is 12.8 Å². The van der Waals surface area contributed by atoms with E-state index in [0.29, 0.717) is 17.3 Å². The number of nitrogens with zero attached hydrogens (tertiary/aromatic N) is 2. The highest BCUT2D eigenvalue weighted by Crippen LogP contribution is 2.31. The van der Waals surface area contributed by atoms with Crippen molar-refractivity contribution in [1.82, 2.24) is 9.78 Å². The molecule has 4 nitrogen and oxygen atoms in total. The first kappa shape index (κ1) is 13.1. The van der Waals surface area contributed by atoms with Crippen molar-refractivity contribution in [3.05, 3.63) is 17.5 Å². The third-order valence-electron chi connectivity index (χ3n) is 3.62. The molecule has 0 aliphatic heterocycles. The number of carboxylic acid groups (broad SMARTS) is 1. The Labute approximate surface area is 108 Å². The molecule has 1 aromatic rings. The molecule has 0 spiro atoms. The normalized spacial score (nSPS) is 17.9. The first-order valence-electron chi connectivity index (χ1n) is 6.72. The summed E-state index contributed by atoms with van der Waals surface area (Å²) < 4.78 is 1.89. The Hall–Kier alpha value is -1.32. The van der Waals surface area contributed by atoms with Gasteiger partial charge in [0.25, 0.3) is 0 Å². The largest absolute Gasteiger partial charge is 0.478 e. The van der Waals surface area contributed by atoms with E-state index in [-0.39, 0.29) is 5.41 Å². The third kappa shape index (κ3) is 2.57. The summed E-state index contributed by atoms with van der Waals surface area (Å²) in [5.74, 6) is -0.873. The fourth-order valence-corrected chi connectivity index (χ4v) is 2.63. The van der Waals surface area contributed by atoms with Crippen LogP contribution in [0, 0.1) is 0 Å². The van der Waals surface area contributed by atoms with Gasteiger partial charge >= 0.3 is 5.97 Å². The standard InChI is InChI=1S/C14H22N2O2/c1-14(2,3)12-11(13(17)18)9-16(15-12)10-7-5-4-6-8-10/h9-10H,4-8H2,1-3H3,(H,17,18). The Morgan fingerprint density at radius 3 is 2.39 bits per heavy atom. The zero-order chi connectivity index (χ0) is 13.3. The third-order valence-corrected chi connectivity index (χ3v) is 3.62. The average molecular weight is 250 g/mol. The molecule has 1 fully saturated rings. The maximum Gasteiger partial charge on any atom is 0.339 e. The molecule has 0 unspecified atom stereocenters. The van der Waals surface area contributed by atoms with Crippen LogP contribution in [0.4, 0.5) is 0 Å². The smallest absolute Gasteiger partial charge is 0.339 e. The first-order chi connectivity index (χ1) is 8.39. The molecule has 0 saturated heterocycles. The van der Waals surface area contributed by atoms with Gasteiger partial charge in [-0.15, -0.1) is 0 Å². The minimum atomic E-state index is -0.873. The van der Waals surface area contributed by atoms with E-state index in [4.69, 9.17) is 0 Å². The van der Waals surface area contributed by atoms with Gasteiger partial charge in [0.05, 0.1) is 11.7 Å². The van der Waals surface area contributed by atoms with Crippen LogP contribution in [-0.2, 0) is 5.41 Å². The summed E-state index contributed by atoms with van der Waals surface area (Å²) in [5.41, 5.74) is 0.821. The molecule has 4 heteroatoms. The van der Waals surface area contributed by atoms with E-state index in [1.807, 2.05) is 25.5 Å². The molecule has 2 rings (SSSR count). The molecule has 1 aliphatic rings. The van der Waals surface area contributed by atoms with Crippen LogP contribution >= 0.6 is 0 Å². The molecular formula is C14H22N2O2. The maximum absolute atomic E-state index is 11.3.